The minimum Gasteiger partial charge on any atom is -0.811 e. The minimum absolute atomic E-state index is 0. The molecule has 3 heterocycles. The summed E-state index contributed by atoms with van der Waals surface area (Å²) in [5, 5.41) is 27.1. The van der Waals surface area contributed by atoms with Crippen LogP contribution in [0.3, 0.4) is 0 Å². The van der Waals surface area contributed by atoms with E-state index >= 15 is 0 Å². The van der Waals surface area contributed by atoms with Gasteiger partial charge in [-0.25, -0.2) is 0 Å². The molecule has 0 bridgehead atoms. The number of anilines is 3. The SMILES string of the molecule is CC(=[N-])/C=C(/C)N(C)c1[c-]ccc(-c2ccc(-c3ccccc3)cc2)c1.CN(/C=C\C=[N-])c1[c-]ccc(-c2ccc(-c3ccccc3)cc2)c1.Cc1cc(-c2ccccc2)cc(C)c1-c1cc[c-]c(N(C)/C=C\C=[N-])c1.[Rh+3].[Rh+3].[Rh+3].[c-]1ccccc1-c1ccccn1.[c-]1ccccc1-c1ccccn1.[c-]1ccccc1-c1ccccn1. The second kappa shape index (κ2) is 48.5. The molecule has 0 aliphatic carbocycles. The van der Waals surface area contributed by atoms with E-state index in [1.807, 2.05) is 207 Å². The van der Waals surface area contributed by atoms with Gasteiger partial charge in [0.2, 0.25) is 0 Å². The van der Waals surface area contributed by atoms with Crippen molar-refractivity contribution in [3.05, 3.63) is 452 Å². The summed E-state index contributed by atoms with van der Waals surface area (Å²) in [7, 11) is 5.84. The first-order chi connectivity index (χ1) is 54.8. The zero-order valence-electron chi connectivity index (χ0n) is 65.1. The molecule has 0 unspecified atom stereocenters. The van der Waals surface area contributed by atoms with Crippen molar-refractivity contribution in [2.24, 2.45) is 0 Å². The van der Waals surface area contributed by atoms with Crippen molar-refractivity contribution in [3.8, 4) is 101 Å². The van der Waals surface area contributed by atoms with Crippen LogP contribution < -0.4 is 14.7 Å². The van der Waals surface area contributed by atoms with E-state index in [1.54, 1.807) is 56.1 Å². The molecule has 0 N–H and O–H groups in total. The Bertz CT molecular complexity index is 5140. The second-order valence-corrected chi connectivity index (χ2v) is 25.8. The van der Waals surface area contributed by atoms with E-state index < -0.39 is 0 Å². The Hall–Kier alpha value is -12.4. The first kappa shape index (κ1) is 89.8. The quantitative estimate of drug-likeness (QED) is 0.0480. The Morgan fingerprint density at radius 1 is 0.313 bits per heavy atom. The number of hydrogen-bond acceptors (Lipinski definition) is 6. The van der Waals surface area contributed by atoms with Crippen molar-refractivity contribution in [2.75, 3.05) is 35.8 Å². The van der Waals surface area contributed by atoms with Gasteiger partial charge in [0.05, 0.1) is 0 Å². The van der Waals surface area contributed by atoms with Crippen LogP contribution in [0.5, 0.6) is 0 Å². The van der Waals surface area contributed by atoms with Crippen LogP contribution in [0, 0.1) is 50.2 Å². The molecule has 570 valence electrons. The maximum absolute atomic E-state index is 9.47. The van der Waals surface area contributed by atoms with E-state index in [-0.39, 0.29) is 58.4 Å². The molecule has 0 amide bonds. The van der Waals surface area contributed by atoms with E-state index in [4.69, 9.17) is 10.8 Å². The number of rotatable bonds is 18. The molecule has 0 aliphatic heterocycles. The van der Waals surface area contributed by atoms with Gasteiger partial charge in [-0.05, 0) is 130 Å². The molecule has 15 rings (SSSR count). The number of aromatic nitrogens is 3. The van der Waals surface area contributed by atoms with Gasteiger partial charge in [-0.1, -0.05) is 230 Å². The zero-order chi connectivity index (χ0) is 78.5. The van der Waals surface area contributed by atoms with Crippen molar-refractivity contribution >= 4 is 35.2 Å². The number of hydrogen-bond donors (Lipinski definition) is 0. The van der Waals surface area contributed by atoms with Crippen LogP contribution in [0.1, 0.15) is 25.0 Å². The third-order valence-electron chi connectivity index (χ3n) is 17.7. The van der Waals surface area contributed by atoms with Crippen LogP contribution in [0.25, 0.3) is 117 Å². The Balaban J connectivity index is 0.000000196. The summed E-state index contributed by atoms with van der Waals surface area (Å²) in [6.07, 6.45) is 15.9. The summed E-state index contributed by atoms with van der Waals surface area (Å²) in [5.74, 6) is 0. The van der Waals surface area contributed by atoms with Crippen molar-refractivity contribution in [2.45, 2.75) is 27.7 Å². The molecule has 3 aromatic heterocycles. The smallest absolute Gasteiger partial charge is 0.811 e. The van der Waals surface area contributed by atoms with Crippen LogP contribution in [0.4, 0.5) is 17.1 Å². The molecule has 0 radical (unpaired) electrons. The topological polar surface area (TPSA) is 115 Å². The van der Waals surface area contributed by atoms with Crippen LogP contribution in [0.15, 0.2) is 389 Å². The molecule has 9 nitrogen and oxygen atoms in total. The molecule has 0 fully saturated rings. The summed E-state index contributed by atoms with van der Waals surface area (Å²) in [6.45, 7) is 7.96. The molecule has 0 saturated carbocycles. The van der Waals surface area contributed by atoms with Gasteiger partial charge in [0.15, 0.2) is 0 Å². The Morgan fingerprint density at radius 2 is 0.617 bits per heavy atom. The Kier molecular flexibility index (Phi) is 37.9. The van der Waals surface area contributed by atoms with E-state index in [0.717, 1.165) is 85.7 Å². The molecule has 12 heteroatoms. The van der Waals surface area contributed by atoms with Gasteiger partial charge >= 0.3 is 58.4 Å². The number of aryl methyl sites for hydroxylation is 2. The zero-order valence-corrected chi connectivity index (χ0v) is 70.0. The van der Waals surface area contributed by atoms with Crippen molar-refractivity contribution in [3.63, 3.8) is 0 Å². The monoisotopic (exact) mass is 1760 g/mol. The molecular weight excluding hydrogens is 1670 g/mol. The van der Waals surface area contributed by atoms with Gasteiger partial charge in [-0.3, -0.25) is 0 Å². The summed E-state index contributed by atoms with van der Waals surface area (Å²) < 4.78 is 0. The van der Waals surface area contributed by atoms with Gasteiger partial charge in [0.25, 0.3) is 0 Å². The molecule has 12 aromatic carbocycles. The molecule has 0 spiro atoms. The first-order valence-corrected chi connectivity index (χ1v) is 36.7. The first-order valence-electron chi connectivity index (χ1n) is 36.7. The Labute approximate surface area is 719 Å². The van der Waals surface area contributed by atoms with E-state index in [2.05, 4.69) is 235 Å². The minimum atomic E-state index is 0. The molecule has 15 aromatic rings. The number of nitrogens with zero attached hydrogens (tertiary/aromatic N) is 9. The maximum atomic E-state index is 9.47. The Morgan fingerprint density at radius 3 is 0.948 bits per heavy atom. The van der Waals surface area contributed by atoms with Crippen LogP contribution in [0.2, 0.25) is 0 Å². The standard InChI is InChI=1S/2C24H22N2.C22H18N2.3C11H8N.3Rh/c1-18-15-22(20-9-5-4-6-10-20)16-19(2)24(18)21-11-7-12-23(17-21)26(3)14-8-13-25;1-18(25)16-19(2)26(3)24-11-7-10-23(17-24)22-14-12-21(13-15-22)20-8-5-4-6-9-20;1-24(16-6-15-23)22-10-5-9-21(17-22)20-13-11-19(12-14-20)18-7-3-2-4-8-18;3*1-2-6-10(7-3-1)11-8-4-5-9-12-11;;;/h4-11,13-17H,1-3H3;4-10,12-17H,1-3H3;2-9,11-17H,1H3;3*1-6,8-9H;;;/q3*-2;3*-1;3*+3/b14-8-;19-16-;16-6-;;;;;;. The van der Waals surface area contributed by atoms with Crippen LogP contribution >= 0.6 is 0 Å². The summed E-state index contributed by atoms with van der Waals surface area (Å²) in [5.41, 5.74) is 27.0. The third-order valence-corrected chi connectivity index (χ3v) is 17.7. The predicted molar refractivity (Wildman–Crippen MR) is 474 cm³/mol. The fraction of sp³-hybridized carbons (Fsp3) is 0.0680. The number of allylic oxidation sites excluding steroid dienone is 4. The van der Waals surface area contributed by atoms with Crippen LogP contribution in [-0.4, -0.2) is 54.2 Å². The average Bonchev–Trinajstić information content (AvgIpc) is 0.796. The summed E-state index contributed by atoms with van der Waals surface area (Å²) in [4.78, 5) is 18.5. The molecule has 115 heavy (non-hydrogen) atoms. The predicted octanol–water partition coefficient (Wildman–Crippen LogP) is 25.3. The second-order valence-electron chi connectivity index (χ2n) is 25.8. The molecule has 0 atom stereocenters. The van der Waals surface area contributed by atoms with E-state index in [0.29, 0.717) is 5.71 Å². The van der Waals surface area contributed by atoms with Crippen molar-refractivity contribution < 1.29 is 58.4 Å². The molecular formula is C103H86N9Rh3. The van der Waals surface area contributed by atoms with Crippen LogP contribution in [-0.2, 0) is 58.4 Å². The van der Waals surface area contributed by atoms with E-state index in [9.17, 15) is 5.41 Å². The van der Waals surface area contributed by atoms with Gasteiger partial charge in [-0.2, -0.15) is 72.7 Å². The van der Waals surface area contributed by atoms with Gasteiger partial charge in [0, 0.05) is 45.4 Å². The molecule has 0 saturated heterocycles. The van der Waals surface area contributed by atoms with Gasteiger partial charge in [0.1, 0.15) is 0 Å². The largest absolute Gasteiger partial charge is 3.00 e. The third kappa shape index (κ3) is 28.0. The van der Waals surface area contributed by atoms with Crippen molar-refractivity contribution in [1.29, 1.82) is 0 Å². The fourth-order valence-electron chi connectivity index (χ4n) is 12.0. The molecule has 0 aliphatic rings. The average molecular weight is 1760 g/mol. The normalized spacial score (nSPS) is 10.3. The maximum Gasteiger partial charge on any atom is 3.00 e. The van der Waals surface area contributed by atoms with Gasteiger partial charge in [-0.15, -0.1) is 143 Å². The summed E-state index contributed by atoms with van der Waals surface area (Å²) in [6, 6.07) is 131. The van der Waals surface area contributed by atoms with Crippen molar-refractivity contribution in [1.82, 2.24) is 15.0 Å². The fourth-order valence-corrected chi connectivity index (χ4v) is 12.0. The number of benzene rings is 12. The number of pyridine rings is 3. The van der Waals surface area contributed by atoms with E-state index in [1.165, 1.54) is 61.2 Å². The van der Waals surface area contributed by atoms with Gasteiger partial charge < -0.3 is 45.9 Å². The summed E-state index contributed by atoms with van der Waals surface area (Å²) >= 11 is 0.